The summed E-state index contributed by atoms with van der Waals surface area (Å²) in [4.78, 5) is 10.6. The second-order valence-electron chi connectivity index (χ2n) is 4.40. The molecule has 1 aromatic rings. The number of hydrogen-bond acceptors (Lipinski definition) is 4. The summed E-state index contributed by atoms with van der Waals surface area (Å²) in [7, 11) is 0. The highest BCUT2D eigenvalue weighted by molar-refractivity contribution is 9.11. The Morgan fingerprint density at radius 3 is 2.79 bits per heavy atom. The van der Waals surface area contributed by atoms with E-state index in [1.165, 1.54) is 6.07 Å². The molecule has 0 atom stereocenters. The third kappa shape index (κ3) is 5.40. The van der Waals surface area contributed by atoms with Crippen LogP contribution in [0.5, 0.6) is 5.75 Å². The van der Waals surface area contributed by atoms with Gasteiger partial charge in [0.25, 0.3) is 0 Å². The van der Waals surface area contributed by atoms with Crippen LogP contribution in [0.2, 0.25) is 0 Å². The van der Waals surface area contributed by atoms with Gasteiger partial charge in [0.15, 0.2) is 5.75 Å². The molecule has 1 aromatic carbocycles. The Kier molecular flexibility index (Phi) is 5.98. The van der Waals surface area contributed by atoms with E-state index in [4.69, 9.17) is 4.74 Å². The Labute approximate surface area is 120 Å². The minimum Gasteiger partial charge on any atom is -0.481 e. The van der Waals surface area contributed by atoms with Crippen LogP contribution in [0.3, 0.4) is 0 Å². The van der Waals surface area contributed by atoms with Crippen LogP contribution in [0.4, 0.5) is 5.69 Å². The van der Waals surface area contributed by atoms with Crippen molar-refractivity contribution in [2.24, 2.45) is 0 Å². The maximum Gasteiger partial charge on any atom is 0.311 e. The number of halogens is 1. The van der Waals surface area contributed by atoms with E-state index in [0.717, 1.165) is 5.56 Å². The number of hydrogen-bond donors (Lipinski definition) is 1. The highest BCUT2D eigenvalue weighted by Gasteiger charge is 2.16. The van der Waals surface area contributed by atoms with Crippen LogP contribution in [-0.4, -0.2) is 17.6 Å². The van der Waals surface area contributed by atoms with Gasteiger partial charge in [-0.1, -0.05) is 42.4 Å². The summed E-state index contributed by atoms with van der Waals surface area (Å²) < 4.78 is 5.96. The third-order valence-corrected chi connectivity index (χ3v) is 2.55. The molecule has 0 radical (unpaired) electrons. The van der Waals surface area contributed by atoms with Crippen molar-refractivity contribution in [3.63, 3.8) is 0 Å². The van der Waals surface area contributed by atoms with Gasteiger partial charge in [-0.15, -0.1) is 0 Å². The molecule has 0 amide bonds. The molecule has 6 heteroatoms. The molecule has 0 saturated carbocycles. The Morgan fingerprint density at radius 1 is 1.58 bits per heavy atom. The molecule has 0 fully saturated rings. The number of ether oxygens (including phenoxy) is 1. The van der Waals surface area contributed by atoms with Crippen LogP contribution in [0.25, 0.3) is 0 Å². The maximum atomic E-state index is 11.0. The molecule has 0 aromatic heterocycles. The van der Waals surface area contributed by atoms with Gasteiger partial charge in [0, 0.05) is 23.1 Å². The quantitative estimate of drug-likeness (QED) is 0.615. The van der Waals surface area contributed by atoms with E-state index < -0.39 is 4.92 Å². The minimum absolute atomic E-state index is 0.0307. The minimum atomic E-state index is -0.439. The van der Waals surface area contributed by atoms with E-state index in [0.29, 0.717) is 17.1 Å². The lowest BCUT2D eigenvalue weighted by atomic mass is 10.2. The summed E-state index contributed by atoms with van der Waals surface area (Å²) in [6.07, 6.45) is 0. The van der Waals surface area contributed by atoms with Gasteiger partial charge >= 0.3 is 5.69 Å². The molecule has 0 spiro atoms. The van der Waals surface area contributed by atoms with Gasteiger partial charge in [-0.25, -0.2) is 0 Å². The number of nitrogens with zero attached hydrogens (tertiary/aromatic N) is 1. The maximum absolute atomic E-state index is 11.0. The van der Waals surface area contributed by atoms with Crippen LogP contribution < -0.4 is 10.1 Å². The zero-order valence-electron chi connectivity index (χ0n) is 11.0. The summed E-state index contributed by atoms with van der Waals surface area (Å²) in [5.74, 6) is 0.249. The lowest BCUT2D eigenvalue weighted by Gasteiger charge is -2.10. The van der Waals surface area contributed by atoms with Crippen molar-refractivity contribution in [1.29, 1.82) is 0 Å². The third-order valence-electron chi connectivity index (χ3n) is 2.32. The van der Waals surface area contributed by atoms with Crippen molar-refractivity contribution in [3.8, 4) is 5.75 Å². The van der Waals surface area contributed by atoms with Crippen LogP contribution in [0.15, 0.2) is 29.3 Å². The average molecular weight is 329 g/mol. The first-order valence-electron chi connectivity index (χ1n) is 5.87. The molecule has 0 unspecified atom stereocenters. The topological polar surface area (TPSA) is 64.4 Å². The van der Waals surface area contributed by atoms with Crippen LogP contribution >= 0.6 is 15.9 Å². The predicted octanol–water partition coefficient (Wildman–Crippen LogP) is 3.38. The SMILES string of the molecule is C=C(Br)COc1ccc(CNC(C)C)cc1[N+](=O)[O-]. The molecule has 0 bridgehead atoms. The standard InChI is InChI=1S/C13H17BrN2O3/c1-9(2)15-7-11-4-5-13(19-8-10(3)14)12(6-11)16(17)18/h4-6,9,15H,3,7-8H2,1-2H3. The van der Waals surface area contributed by atoms with Gasteiger partial charge in [-0.2, -0.15) is 0 Å². The predicted molar refractivity (Wildman–Crippen MR) is 78.6 cm³/mol. The highest BCUT2D eigenvalue weighted by atomic mass is 79.9. The summed E-state index contributed by atoms with van der Waals surface area (Å²) >= 11 is 3.15. The zero-order chi connectivity index (χ0) is 14.4. The van der Waals surface area contributed by atoms with E-state index in [1.54, 1.807) is 6.07 Å². The first-order chi connectivity index (χ1) is 8.90. The highest BCUT2D eigenvalue weighted by Crippen LogP contribution is 2.28. The smallest absolute Gasteiger partial charge is 0.311 e. The molecular formula is C13H17BrN2O3. The normalized spacial score (nSPS) is 10.5. The number of nitrogens with one attached hydrogen (secondary N) is 1. The zero-order valence-corrected chi connectivity index (χ0v) is 12.6. The first-order valence-corrected chi connectivity index (χ1v) is 6.66. The summed E-state index contributed by atoms with van der Waals surface area (Å²) in [6, 6.07) is 5.29. The van der Waals surface area contributed by atoms with Crippen LogP contribution in [0.1, 0.15) is 19.4 Å². The molecule has 104 valence electrons. The monoisotopic (exact) mass is 328 g/mol. The molecule has 0 aliphatic heterocycles. The van der Waals surface area contributed by atoms with Gasteiger partial charge in [0.2, 0.25) is 0 Å². The molecule has 0 heterocycles. The van der Waals surface area contributed by atoms with Gasteiger partial charge < -0.3 is 10.1 Å². The summed E-state index contributed by atoms with van der Waals surface area (Å²) in [6.45, 7) is 8.45. The Hall–Kier alpha value is -1.40. The van der Waals surface area contributed by atoms with E-state index >= 15 is 0 Å². The first kappa shape index (κ1) is 15.7. The second-order valence-corrected chi connectivity index (χ2v) is 5.52. The molecule has 0 saturated heterocycles. The lowest BCUT2D eigenvalue weighted by Crippen LogP contribution is -2.21. The molecule has 0 aliphatic rings. The lowest BCUT2D eigenvalue weighted by molar-refractivity contribution is -0.385. The molecule has 0 aliphatic carbocycles. The average Bonchev–Trinajstić information content (AvgIpc) is 2.33. The van der Waals surface area contributed by atoms with Crippen molar-refractivity contribution in [2.75, 3.05) is 6.61 Å². The molecule has 5 nitrogen and oxygen atoms in total. The van der Waals surface area contributed by atoms with Crippen LogP contribution in [0, 0.1) is 10.1 Å². The number of benzene rings is 1. The van der Waals surface area contributed by atoms with E-state index in [1.807, 2.05) is 19.9 Å². The fraction of sp³-hybridized carbons (Fsp3) is 0.385. The fourth-order valence-electron chi connectivity index (χ4n) is 1.42. The largest absolute Gasteiger partial charge is 0.481 e. The second kappa shape index (κ2) is 7.25. The van der Waals surface area contributed by atoms with Gasteiger partial charge in [-0.3, -0.25) is 10.1 Å². The van der Waals surface area contributed by atoms with Gasteiger partial charge in [0.05, 0.1) is 4.92 Å². The van der Waals surface area contributed by atoms with Crippen molar-refractivity contribution in [3.05, 3.63) is 44.9 Å². The molecular weight excluding hydrogens is 312 g/mol. The number of rotatable bonds is 7. The summed E-state index contributed by atoms with van der Waals surface area (Å²) in [5, 5.41) is 14.2. The fourth-order valence-corrected chi connectivity index (χ4v) is 1.53. The van der Waals surface area contributed by atoms with Crippen molar-refractivity contribution in [2.45, 2.75) is 26.4 Å². The molecule has 19 heavy (non-hydrogen) atoms. The van der Waals surface area contributed by atoms with Crippen molar-refractivity contribution in [1.82, 2.24) is 5.32 Å². The van der Waals surface area contributed by atoms with E-state index in [9.17, 15) is 10.1 Å². The van der Waals surface area contributed by atoms with E-state index in [2.05, 4.69) is 27.8 Å². The molecule has 1 N–H and O–H groups in total. The summed E-state index contributed by atoms with van der Waals surface area (Å²) in [5.41, 5.74) is 0.822. The van der Waals surface area contributed by atoms with Gasteiger partial charge in [-0.05, 0) is 11.6 Å². The number of nitro benzene ring substituents is 1. The van der Waals surface area contributed by atoms with E-state index in [-0.39, 0.29) is 18.0 Å². The Morgan fingerprint density at radius 2 is 2.26 bits per heavy atom. The molecule has 1 rings (SSSR count). The Bertz CT molecular complexity index is 475. The number of nitro groups is 1. The van der Waals surface area contributed by atoms with Crippen molar-refractivity contribution >= 4 is 21.6 Å². The Balaban J connectivity index is 2.88. The van der Waals surface area contributed by atoms with Gasteiger partial charge in [0.1, 0.15) is 6.61 Å². The van der Waals surface area contributed by atoms with Crippen LogP contribution in [-0.2, 0) is 6.54 Å². The van der Waals surface area contributed by atoms with Crippen molar-refractivity contribution < 1.29 is 9.66 Å².